The van der Waals surface area contributed by atoms with Crippen molar-refractivity contribution in [1.29, 1.82) is 0 Å². The van der Waals surface area contributed by atoms with Gasteiger partial charge in [-0.15, -0.1) is 0 Å². The fourth-order valence-electron chi connectivity index (χ4n) is 6.19. The lowest BCUT2D eigenvalue weighted by Crippen LogP contribution is -2.28. The van der Waals surface area contributed by atoms with Crippen LogP contribution in [0.25, 0.3) is 44.9 Å². The van der Waals surface area contributed by atoms with Crippen molar-refractivity contribution in [2.75, 3.05) is 4.90 Å². The lowest BCUT2D eigenvalue weighted by Gasteiger charge is -2.30. The van der Waals surface area contributed by atoms with Gasteiger partial charge in [-0.2, -0.15) is 0 Å². The molecule has 8 rings (SSSR count). The van der Waals surface area contributed by atoms with Crippen LogP contribution in [0.15, 0.2) is 146 Å². The first-order chi connectivity index (χ1) is 20.3. The Balaban J connectivity index is 1.33. The Labute approximate surface area is 239 Å². The minimum atomic E-state index is 0.234. The smallest absolute Gasteiger partial charge is 0.164 e. The van der Waals surface area contributed by atoms with Crippen molar-refractivity contribution in [1.82, 2.24) is 15.0 Å². The molecule has 194 valence electrons. The van der Waals surface area contributed by atoms with E-state index in [2.05, 4.69) is 89.9 Å². The topological polar surface area (TPSA) is 41.9 Å². The summed E-state index contributed by atoms with van der Waals surface area (Å²) in [5, 5.41) is 2.29. The molecule has 0 bridgehead atoms. The fourth-order valence-corrected chi connectivity index (χ4v) is 6.19. The van der Waals surface area contributed by atoms with Gasteiger partial charge in [-0.1, -0.05) is 127 Å². The van der Waals surface area contributed by atoms with E-state index in [4.69, 9.17) is 15.0 Å². The van der Waals surface area contributed by atoms with Gasteiger partial charge in [0.1, 0.15) is 0 Å². The molecule has 0 spiro atoms. The second kappa shape index (κ2) is 9.68. The average molecular weight is 527 g/mol. The predicted molar refractivity (Wildman–Crippen MR) is 167 cm³/mol. The summed E-state index contributed by atoms with van der Waals surface area (Å²) < 4.78 is 0. The highest BCUT2D eigenvalue weighted by atomic mass is 15.2. The normalized spacial score (nSPS) is 17.0. The molecule has 0 amide bonds. The lowest BCUT2D eigenvalue weighted by molar-refractivity contribution is 0.746. The van der Waals surface area contributed by atoms with Crippen LogP contribution in [0.2, 0.25) is 0 Å². The molecule has 2 aliphatic rings. The molecule has 0 N–H and O–H groups in total. The van der Waals surface area contributed by atoms with E-state index in [1.807, 2.05) is 60.7 Å². The van der Waals surface area contributed by atoms with Crippen LogP contribution in [0.4, 0.5) is 11.4 Å². The Hall–Kier alpha value is -5.35. The Morgan fingerprint density at radius 3 is 1.78 bits per heavy atom. The van der Waals surface area contributed by atoms with Crippen LogP contribution in [0, 0.1) is 0 Å². The highest BCUT2D eigenvalue weighted by molar-refractivity contribution is 6.04. The maximum atomic E-state index is 5.02. The first-order valence-corrected chi connectivity index (χ1v) is 14.0. The number of hydrogen-bond donors (Lipinski definition) is 0. The highest BCUT2D eigenvalue weighted by Crippen LogP contribution is 2.49. The molecular weight excluding hydrogens is 500 g/mol. The van der Waals surface area contributed by atoms with Crippen molar-refractivity contribution in [3.8, 4) is 34.2 Å². The summed E-state index contributed by atoms with van der Waals surface area (Å²) >= 11 is 0. The maximum absolute atomic E-state index is 5.02. The first-order valence-electron chi connectivity index (χ1n) is 14.0. The molecule has 1 aliphatic carbocycles. The van der Waals surface area contributed by atoms with E-state index in [0.29, 0.717) is 23.4 Å². The number of nitrogens with zero attached hydrogens (tertiary/aromatic N) is 4. The zero-order chi connectivity index (χ0) is 27.2. The molecule has 41 heavy (non-hydrogen) atoms. The molecule has 0 fully saturated rings. The average Bonchev–Trinajstić information content (AvgIpc) is 3.39. The lowest BCUT2D eigenvalue weighted by atomic mass is 9.91. The summed E-state index contributed by atoms with van der Waals surface area (Å²) in [4.78, 5) is 17.4. The molecule has 4 nitrogen and oxygen atoms in total. The van der Waals surface area contributed by atoms with Gasteiger partial charge in [0.2, 0.25) is 0 Å². The summed E-state index contributed by atoms with van der Waals surface area (Å²) in [6.45, 7) is 0. The van der Waals surface area contributed by atoms with Crippen molar-refractivity contribution in [3.05, 3.63) is 151 Å². The molecule has 2 atom stereocenters. The molecule has 0 saturated carbocycles. The Morgan fingerprint density at radius 2 is 1.05 bits per heavy atom. The van der Waals surface area contributed by atoms with E-state index in [-0.39, 0.29) is 6.04 Å². The Bertz CT molecular complexity index is 1900. The van der Waals surface area contributed by atoms with Gasteiger partial charge in [-0.3, -0.25) is 0 Å². The van der Waals surface area contributed by atoms with Crippen molar-refractivity contribution in [3.63, 3.8) is 0 Å². The first kappa shape index (κ1) is 23.5. The Kier molecular flexibility index (Phi) is 5.56. The number of hydrogen-bond acceptors (Lipinski definition) is 4. The molecule has 5 aromatic carbocycles. The van der Waals surface area contributed by atoms with E-state index in [0.717, 1.165) is 22.1 Å². The third-order valence-corrected chi connectivity index (χ3v) is 8.06. The van der Waals surface area contributed by atoms with Gasteiger partial charge >= 0.3 is 0 Å². The standard InChI is InChI=1S/C37H26N4/c1-3-13-25(14-4-1)35-38-36(26-15-5-2-6-16-26)40-37(39-35)31-23-24-34(28-18-8-7-17-27(28)31)41-32-21-11-9-19-29(32)30-20-10-12-22-33(30)41/h1-24,29,32H. The minimum absolute atomic E-state index is 0.234. The van der Waals surface area contributed by atoms with E-state index in [9.17, 15) is 0 Å². The second-order valence-electron chi connectivity index (χ2n) is 10.4. The SMILES string of the molecule is C1=CC2c3ccccc3N(c3ccc(-c4nc(-c5ccccc5)nc(-c5ccccc5)n4)c4ccccc34)C2C=C1. The van der Waals surface area contributed by atoms with Crippen LogP contribution in [0.1, 0.15) is 11.5 Å². The van der Waals surface area contributed by atoms with Crippen LogP contribution < -0.4 is 4.90 Å². The highest BCUT2D eigenvalue weighted by Gasteiger charge is 2.37. The van der Waals surface area contributed by atoms with Crippen molar-refractivity contribution in [2.45, 2.75) is 12.0 Å². The number of para-hydroxylation sites is 1. The number of benzene rings is 5. The summed E-state index contributed by atoms with van der Waals surface area (Å²) in [7, 11) is 0. The molecule has 0 radical (unpaired) electrons. The molecule has 2 heterocycles. The molecule has 0 saturated heterocycles. The zero-order valence-electron chi connectivity index (χ0n) is 22.3. The molecular formula is C37H26N4. The van der Waals surface area contributed by atoms with Crippen molar-refractivity contribution >= 4 is 22.1 Å². The van der Waals surface area contributed by atoms with Gasteiger partial charge in [-0.05, 0) is 29.1 Å². The van der Waals surface area contributed by atoms with E-state index in [1.54, 1.807) is 0 Å². The summed E-state index contributed by atoms with van der Waals surface area (Å²) in [6.07, 6.45) is 8.97. The van der Waals surface area contributed by atoms with Gasteiger partial charge in [-0.25, -0.2) is 15.0 Å². The second-order valence-corrected chi connectivity index (χ2v) is 10.4. The zero-order valence-corrected chi connectivity index (χ0v) is 22.3. The van der Waals surface area contributed by atoms with Gasteiger partial charge in [0.15, 0.2) is 17.5 Å². The van der Waals surface area contributed by atoms with E-state index in [1.165, 1.54) is 22.3 Å². The number of allylic oxidation sites excluding steroid dienone is 2. The van der Waals surface area contributed by atoms with Gasteiger partial charge in [0.05, 0.1) is 6.04 Å². The third kappa shape index (κ3) is 3.95. The van der Waals surface area contributed by atoms with E-state index >= 15 is 0 Å². The van der Waals surface area contributed by atoms with Gasteiger partial charge in [0, 0.05) is 39.4 Å². The number of rotatable bonds is 4. The largest absolute Gasteiger partial charge is 0.333 e. The van der Waals surface area contributed by atoms with Crippen LogP contribution in [-0.4, -0.2) is 21.0 Å². The Morgan fingerprint density at radius 1 is 0.463 bits per heavy atom. The molecule has 1 aliphatic heterocycles. The quantitative estimate of drug-likeness (QED) is 0.230. The summed E-state index contributed by atoms with van der Waals surface area (Å²) in [5.41, 5.74) is 6.73. The minimum Gasteiger partial charge on any atom is -0.333 e. The summed E-state index contributed by atoms with van der Waals surface area (Å²) in [5.74, 6) is 2.33. The predicted octanol–water partition coefficient (Wildman–Crippen LogP) is 8.76. The van der Waals surface area contributed by atoms with Crippen LogP contribution in [0.5, 0.6) is 0 Å². The van der Waals surface area contributed by atoms with Crippen molar-refractivity contribution in [2.24, 2.45) is 0 Å². The van der Waals surface area contributed by atoms with Gasteiger partial charge in [0.25, 0.3) is 0 Å². The number of aromatic nitrogens is 3. The van der Waals surface area contributed by atoms with Crippen molar-refractivity contribution < 1.29 is 0 Å². The monoisotopic (exact) mass is 526 g/mol. The summed E-state index contributed by atoms with van der Waals surface area (Å²) in [6, 6.07) is 42.3. The number of anilines is 2. The molecule has 4 heteroatoms. The van der Waals surface area contributed by atoms with Crippen LogP contribution in [0.3, 0.4) is 0 Å². The molecule has 2 unspecified atom stereocenters. The fraction of sp³-hybridized carbons (Fsp3) is 0.0541. The molecule has 1 aromatic heterocycles. The van der Waals surface area contributed by atoms with Gasteiger partial charge < -0.3 is 4.90 Å². The van der Waals surface area contributed by atoms with E-state index < -0.39 is 0 Å². The third-order valence-electron chi connectivity index (χ3n) is 8.06. The molecule has 6 aromatic rings. The maximum Gasteiger partial charge on any atom is 0.164 e. The van der Waals surface area contributed by atoms with Crippen LogP contribution in [-0.2, 0) is 0 Å². The number of fused-ring (bicyclic) bond motifs is 4. The van der Waals surface area contributed by atoms with Crippen LogP contribution >= 0.6 is 0 Å².